The van der Waals surface area contributed by atoms with Gasteiger partial charge in [-0.3, -0.25) is 4.79 Å². The van der Waals surface area contributed by atoms with Gasteiger partial charge in [-0.25, -0.2) is 4.68 Å². The molecule has 2 N–H and O–H groups in total. The Bertz CT molecular complexity index is 534. The van der Waals surface area contributed by atoms with Gasteiger partial charge in [-0.15, -0.1) is 0 Å². The van der Waals surface area contributed by atoms with Crippen molar-refractivity contribution < 1.29 is 5.11 Å². The van der Waals surface area contributed by atoms with E-state index in [4.69, 9.17) is 5.11 Å². The number of aliphatic hydroxyl groups is 1. The molecule has 0 amide bonds. The summed E-state index contributed by atoms with van der Waals surface area (Å²) in [5.41, 5.74) is 0.656. The molecule has 0 radical (unpaired) electrons. The van der Waals surface area contributed by atoms with Gasteiger partial charge in [0, 0.05) is 18.6 Å². The molecular weight excluding hydrogens is 336 g/mol. The molecule has 0 aromatic carbocycles. The van der Waals surface area contributed by atoms with Crippen molar-refractivity contribution in [1.29, 1.82) is 0 Å². The van der Waals surface area contributed by atoms with Crippen LogP contribution in [-0.4, -0.2) is 47.2 Å². The van der Waals surface area contributed by atoms with Crippen LogP contribution in [0, 0.1) is 0 Å². The number of hydrogen-bond acceptors (Lipinski definition) is 5. The molecule has 0 saturated carbocycles. The van der Waals surface area contributed by atoms with E-state index in [9.17, 15) is 4.79 Å². The summed E-state index contributed by atoms with van der Waals surface area (Å²) in [6, 6.07) is 0.701. The van der Waals surface area contributed by atoms with Gasteiger partial charge in [0.15, 0.2) is 0 Å². The van der Waals surface area contributed by atoms with Gasteiger partial charge in [0.25, 0.3) is 5.56 Å². The highest BCUT2D eigenvalue weighted by Crippen LogP contribution is 2.29. The summed E-state index contributed by atoms with van der Waals surface area (Å²) in [7, 11) is 1.96. The van der Waals surface area contributed by atoms with Crippen molar-refractivity contribution >= 4 is 21.6 Å². The summed E-state index contributed by atoms with van der Waals surface area (Å²) >= 11 is 3.42. The highest BCUT2D eigenvalue weighted by atomic mass is 79.9. The molecule has 0 aliphatic carbocycles. The summed E-state index contributed by atoms with van der Waals surface area (Å²) in [4.78, 5) is 14.5. The maximum atomic E-state index is 12.3. The fourth-order valence-corrected chi connectivity index (χ4v) is 3.41. The Morgan fingerprint density at radius 3 is 3.00 bits per heavy atom. The first-order valence-corrected chi connectivity index (χ1v) is 8.19. The average molecular weight is 359 g/mol. The number of aromatic nitrogens is 2. The zero-order valence-electron chi connectivity index (χ0n) is 12.5. The van der Waals surface area contributed by atoms with Crippen molar-refractivity contribution in [2.45, 2.75) is 44.8 Å². The lowest BCUT2D eigenvalue weighted by molar-refractivity contribution is 0.266. The Morgan fingerprint density at radius 1 is 1.57 bits per heavy atom. The Morgan fingerprint density at radius 2 is 2.33 bits per heavy atom. The van der Waals surface area contributed by atoms with Crippen molar-refractivity contribution in [2.75, 3.05) is 25.1 Å². The van der Waals surface area contributed by atoms with Gasteiger partial charge >= 0.3 is 0 Å². The molecule has 1 saturated heterocycles. The van der Waals surface area contributed by atoms with E-state index in [2.05, 4.69) is 38.2 Å². The minimum absolute atomic E-state index is 0.0954. The standard InChI is InChI=1S/C14H23BrN4O2/c1-10(16-2)11-5-3-4-6-18(11)12-9-17-19(7-8-20)14(21)13(12)15/h9-11,16,20H,3-8H2,1-2H3. The molecule has 0 bridgehead atoms. The summed E-state index contributed by atoms with van der Waals surface area (Å²) in [5, 5.41) is 16.4. The molecule has 21 heavy (non-hydrogen) atoms. The smallest absolute Gasteiger partial charge is 0.283 e. The van der Waals surface area contributed by atoms with Crippen LogP contribution >= 0.6 is 15.9 Å². The van der Waals surface area contributed by atoms with Crippen molar-refractivity contribution in [3.05, 3.63) is 21.0 Å². The zero-order valence-corrected chi connectivity index (χ0v) is 14.1. The number of nitrogens with one attached hydrogen (secondary N) is 1. The van der Waals surface area contributed by atoms with E-state index in [0.717, 1.165) is 25.1 Å². The predicted molar refractivity (Wildman–Crippen MR) is 86.8 cm³/mol. The Hall–Kier alpha value is -0.920. The molecule has 1 fully saturated rings. The summed E-state index contributed by atoms with van der Waals surface area (Å²) < 4.78 is 1.81. The topological polar surface area (TPSA) is 70.4 Å². The molecule has 1 aromatic heterocycles. The monoisotopic (exact) mass is 358 g/mol. The second-order valence-electron chi connectivity index (χ2n) is 5.43. The van der Waals surface area contributed by atoms with Gasteiger partial charge in [0.1, 0.15) is 4.47 Å². The van der Waals surface area contributed by atoms with Crippen LogP contribution in [-0.2, 0) is 6.54 Å². The summed E-state index contributed by atoms with van der Waals surface area (Å²) in [5.74, 6) is 0. The van der Waals surface area contributed by atoms with E-state index in [1.165, 1.54) is 11.1 Å². The molecule has 2 unspecified atom stereocenters. The highest BCUT2D eigenvalue weighted by molar-refractivity contribution is 9.10. The third-order valence-corrected chi connectivity index (χ3v) is 4.91. The van der Waals surface area contributed by atoms with E-state index >= 15 is 0 Å². The molecule has 118 valence electrons. The normalized spacial score (nSPS) is 20.6. The number of hydrogen-bond donors (Lipinski definition) is 2. The minimum atomic E-state index is -0.192. The van der Waals surface area contributed by atoms with Gasteiger partial charge in [0.05, 0.1) is 25.0 Å². The van der Waals surface area contributed by atoms with Gasteiger partial charge < -0.3 is 15.3 Å². The molecule has 0 spiro atoms. The maximum Gasteiger partial charge on any atom is 0.283 e. The number of halogens is 1. The summed E-state index contributed by atoms with van der Waals surface area (Å²) in [6.45, 7) is 3.22. The van der Waals surface area contributed by atoms with Crippen LogP contribution in [0.2, 0.25) is 0 Å². The lowest BCUT2D eigenvalue weighted by Crippen LogP contribution is -2.51. The van der Waals surface area contributed by atoms with Crippen molar-refractivity contribution in [3.63, 3.8) is 0 Å². The molecule has 1 aliphatic rings. The van der Waals surface area contributed by atoms with E-state index in [0.29, 0.717) is 16.6 Å². The first kappa shape index (κ1) is 16.5. The minimum Gasteiger partial charge on any atom is -0.394 e. The lowest BCUT2D eigenvalue weighted by Gasteiger charge is -2.41. The van der Waals surface area contributed by atoms with Gasteiger partial charge in [-0.2, -0.15) is 5.10 Å². The van der Waals surface area contributed by atoms with Crippen LogP contribution < -0.4 is 15.8 Å². The van der Waals surface area contributed by atoms with Crippen LogP contribution in [0.25, 0.3) is 0 Å². The number of nitrogens with zero attached hydrogens (tertiary/aromatic N) is 3. The van der Waals surface area contributed by atoms with Crippen molar-refractivity contribution in [2.24, 2.45) is 0 Å². The number of piperidine rings is 1. The molecule has 6 nitrogen and oxygen atoms in total. The fraction of sp³-hybridized carbons (Fsp3) is 0.714. The Balaban J connectivity index is 2.35. The largest absolute Gasteiger partial charge is 0.394 e. The number of anilines is 1. The van der Waals surface area contributed by atoms with Crippen LogP contribution in [0.1, 0.15) is 26.2 Å². The van der Waals surface area contributed by atoms with Crippen molar-refractivity contribution in [1.82, 2.24) is 15.1 Å². The number of likely N-dealkylation sites (N-methyl/N-ethyl adjacent to an activating group) is 1. The van der Waals surface area contributed by atoms with Gasteiger partial charge in [0.2, 0.25) is 0 Å². The van der Waals surface area contributed by atoms with E-state index < -0.39 is 0 Å². The lowest BCUT2D eigenvalue weighted by atomic mass is 9.96. The second-order valence-corrected chi connectivity index (χ2v) is 6.22. The Labute approximate surface area is 133 Å². The maximum absolute atomic E-state index is 12.3. The van der Waals surface area contributed by atoms with Crippen LogP contribution in [0.5, 0.6) is 0 Å². The second kappa shape index (κ2) is 7.38. The van der Waals surface area contributed by atoms with E-state index in [1.807, 2.05) is 7.05 Å². The first-order valence-electron chi connectivity index (χ1n) is 7.40. The molecule has 1 aliphatic heterocycles. The van der Waals surface area contributed by atoms with E-state index in [1.54, 1.807) is 6.20 Å². The average Bonchev–Trinajstić information content (AvgIpc) is 2.51. The predicted octanol–water partition coefficient (Wildman–Crippen LogP) is 0.965. The zero-order chi connectivity index (χ0) is 15.4. The molecule has 7 heteroatoms. The number of rotatable bonds is 5. The Kier molecular flexibility index (Phi) is 5.78. The SMILES string of the molecule is CNC(C)C1CCCCN1c1cnn(CCO)c(=O)c1Br. The third-order valence-electron chi connectivity index (χ3n) is 4.17. The highest BCUT2D eigenvalue weighted by Gasteiger charge is 2.29. The molecular formula is C14H23BrN4O2. The van der Waals surface area contributed by atoms with Gasteiger partial charge in [-0.05, 0) is 49.2 Å². The molecule has 1 aromatic rings. The fourth-order valence-electron chi connectivity index (χ4n) is 2.88. The molecule has 2 atom stereocenters. The van der Waals surface area contributed by atoms with Crippen LogP contribution in [0.15, 0.2) is 15.5 Å². The summed E-state index contributed by atoms with van der Waals surface area (Å²) in [6.07, 6.45) is 5.16. The van der Waals surface area contributed by atoms with Crippen LogP contribution in [0.4, 0.5) is 5.69 Å². The molecule has 2 rings (SSSR count). The van der Waals surface area contributed by atoms with Gasteiger partial charge in [-0.1, -0.05) is 0 Å². The van der Waals surface area contributed by atoms with Crippen LogP contribution in [0.3, 0.4) is 0 Å². The van der Waals surface area contributed by atoms with E-state index in [-0.39, 0.29) is 18.7 Å². The molecule has 2 heterocycles. The quantitative estimate of drug-likeness (QED) is 0.820. The third kappa shape index (κ3) is 3.46. The van der Waals surface area contributed by atoms with Crippen molar-refractivity contribution in [3.8, 4) is 0 Å². The number of aliphatic hydroxyl groups excluding tert-OH is 1. The first-order chi connectivity index (χ1) is 10.1.